The first kappa shape index (κ1) is 14.1. The predicted octanol–water partition coefficient (Wildman–Crippen LogP) is 3.95. The van der Waals surface area contributed by atoms with Gasteiger partial charge in [0.15, 0.2) is 0 Å². The lowest BCUT2D eigenvalue weighted by molar-refractivity contribution is 0.312. The molecular formula is C18H22N2O. The Balaban J connectivity index is 1.84. The summed E-state index contributed by atoms with van der Waals surface area (Å²) in [6.45, 7) is 5.11. The average molecular weight is 282 g/mol. The number of rotatable bonds is 3. The summed E-state index contributed by atoms with van der Waals surface area (Å²) in [5.74, 6) is 1.06. The van der Waals surface area contributed by atoms with Gasteiger partial charge in [-0.05, 0) is 43.9 Å². The maximum absolute atomic E-state index is 5.94. The van der Waals surface area contributed by atoms with Gasteiger partial charge in [-0.3, -0.25) is 4.98 Å². The highest BCUT2D eigenvalue weighted by molar-refractivity contribution is 5.43. The van der Waals surface area contributed by atoms with Crippen molar-refractivity contribution >= 4 is 0 Å². The van der Waals surface area contributed by atoms with Crippen molar-refractivity contribution in [2.45, 2.75) is 38.8 Å². The molecule has 0 saturated heterocycles. The number of nitrogens with one attached hydrogen (secondary N) is 1. The zero-order valence-corrected chi connectivity index (χ0v) is 12.7. The number of hydrogen-bond acceptors (Lipinski definition) is 3. The van der Waals surface area contributed by atoms with E-state index in [1.807, 2.05) is 18.5 Å². The summed E-state index contributed by atoms with van der Waals surface area (Å²) in [6, 6.07) is 11.1. The van der Waals surface area contributed by atoms with Gasteiger partial charge in [0.2, 0.25) is 0 Å². The molecule has 2 aromatic rings. The summed E-state index contributed by atoms with van der Waals surface area (Å²) >= 11 is 0. The first-order chi connectivity index (χ1) is 10.3. The normalized spacial score (nSPS) is 19.2. The van der Waals surface area contributed by atoms with Gasteiger partial charge in [0.25, 0.3) is 0 Å². The summed E-state index contributed by atoms with van der Waals surface area (Å²) in [7, 11) is 0. The van der Waals surface area contributed by atoms with E-state index in [1.165, 1.54) is 16.7 Å². The predicted molar refractivity (Wildman–Crippen MR) is 84.4 cm³/mol. The highest BCUT2D eigenvalue weighted by Crippen LogP contribution is 2.35. The third-order valence-corrected chi connectivity index (χ3v) is 4.14. The van der Waals surface area contributed by atoms with Crippen molar-refractivity contribution in [2.24, 2.45) is 0 Å². The van der Waals surface area contributed by atoms with Crippen molar-refractivity contribution in [1.82, 2.24) is 10.3 Å². The Bertz CT molecular complexity index is 597. The summed E-state index contributed by atoms with van der Waals surface area (Å²) in [5.41, 5.74) is 3.72. The van der Waals surface area contributed by atoms with Gasteiger partial charge >= 0.3 is 0 Å². The van der Waals surface area contributed by atoms with E-state index in [0.29, 0.717) is 6.04 Å². The number of ether oxygens (including phenoxy) is 1. The van der Waals surface area contributed by atoms with Crippen LogP contribution in [0.15, 0.2) is 42.7 Å². The van der Waals surface area contributed by atoms with Gasteiger partial charge in [0, 0.05) is 30.0 Å². The molecular weight excluding hydrogens is 260 g/mol. The first-order valence-electron chi connectivity index (χ1n) is 7.64. The standard InChI is InChI=1S/C18H22N2O/c1-13-6-3-8-16-17(9-5-11-21-18(13)16)20-14(2)15-7-4-10-19-12-15/h3-4,6-8,10,12,14,17,20H,5,9,11H2,1-2H3. The van der Waals surface area contributed by atoms with Crippen LogP contribution in [-0.4, -0.2) is 11.6 Å². The number of fused-ring (bicyclic) bond motifs is 1. The smallest absolute Gasteiger partial charge is 0.126 e. The molecule has 0 radical (unpaired) electrons. The fourth-order valence-corrected chi connectivity index (χ4v) is 2.97. The van der Waals surface area contributed by atoms with Crippen LogP contribution >= 0.6 is 0 Å². The third-order valence-electron chi connectivity index (χ3n) is 4.14. The van der Waals surface area contributed by atoms with Crippen LogP contribution in [0.25, 0.3) is 0 Å². The lowest BCUT2D eigenvalue weighted by Gasteiger charge is -2.24. The fourth-order valence-electron chi connectivity index (χ4n) is 2.97. The van der Waals surface area contributed by atoms with Gasteiger partial charge in [-0.2, -0.15) is 0 Å². The number of para-hydroxylation sites is 1. The van der Waals surface area contributed by atoms with E-state index in [-0.39, 0.29) is 6.04 Å². The topological polar surface area (TPSA) is 34.1 Å². The Morgan fingerprint density at radius 1 is 1.29 bits per heavy atom. The number of aryl methyl sites for hydroxylation is 1. The molecule has 3 heteroatoms. The van der Waals surface area contributed by atoms with Crippen LogP contribution in [0.2, 0.25) is 0 Å². The maximum Gasteiger partial charge on any atom is 0.126 e. The second kappa shape index (κ2) is 6.27. The highest BCUT2D eigenvalue weighted by Gasteiger charge is 2.22. The van der Waals surface area contributed by atoms with E-state index in [2.05, 4.69) is 48.4 Å². The molecule has 0 saturated carbocycles. The van der Waals surface area contributed by atoms with Gasteiger partial charge in [-0.1, -0.05) is 24.3 Å². The Morgan fingerprint density at radius 2 is 2.19 bits per heavy atom. The van der Waals surface area contributed by atoms with Gasteiger partial charge in [0.1, 0.15) is 5.75 Å². The van der Waals surface area contributed by atoms with Crippen LogP contribution in [0.1, 0.15) is 48.5 Å². The van der Waals surface area contributed by atoms with Crippen LogP contribution in [0.3, 0.4) is 0 Å². The van der Waals surface area contributed by atoms with Crippen LogP contribution < -0.4 is 10.1 Å². The van der Waals surface area contributed by atoms with Crippen LogP contribution in [0.5, 0.6) is 5.75 Å². The van der Waals surface area contributed by atoms with Crippen LogP contribution in [-0.2, 0) is 0 Å². The Hall–Kier alpha value is -1.87. The van der Waals surface area contributed by atoms with Gasteiger partial charge in [-0.15, -0.1) is 0 Å². The molecule has 0 fully saturated rings. The molecule has 1 N–H and O–H groups in total. The molecule has 0 amide bonds. The number of hydrogen-bond donors (Lipinski definition) is 1. The zero-order chi connectivity index (χ0) is 14.7. The lowest BCUT2D eigenvalue weighted by atomic mass is 9.98. The van der Waals surface area contributed by atoms with E-state index >= 15 is 0 Å². The van der Waals surface area contributed by atoms with Crippen molar-refractivity contribution in [2.75, 3.05) is 6.61 Å². The second-order valence-corrected chi connectivity index (χ2v) is 5.71. The number of pyridine rings is 1. The van der Waals surface area contributed by atoms with Crippen molar-refractivity contribution in [3.63, 3.8) is 0 Å². The molecule has 3 nitrogen and oxygen atoms in total. The average Bonchev–Trinajstić information content (AvgIpc) is 2.72. The van der Waals surface area contributed by atoms with Gasteiger partial charge in [-0.25, -0.2) is 0 Å². The minimum atomic E-state index is 0.273. The SMILES string of the molecule is Cc1cccc2c1OCCCC2NC(C)c1cccnc1. The van der Waals surface area contributed by atoms with E-state index < -0.39 is 0 Å². The highest BCUT2D eigenvalue weighted by atomic mass is 16.5. The summed E-state index contributed by atoms with van der Waals surface area (Å²) < 4.78 is 5.94. The molecule has 3 rings (SSSR count). The quantitative estimate of drug-likeness (QED) is 0.925. The molecule has 1 aliphatic rings. The van der Waals surface area contributed by atoms with Crippen LogP contribution in [0.4, 0.5) is 0 Å². The summed E-state index contributed by atoms with van der Waals surface area (Å²) in [4.78, 5) is 4.21. The molecule has 2 atom stereocenters. The van der Waals surface area contributed by atoms with Crippen molar-refractivity contribution in [1.29, 1.82) is 0 Å². The molecule has 1 aromatic carbocycles. The molecule has 2 unspecified atom stereocenters. The van der Waals surface area contributed by atoms with Crippen molar-refractivity contribution in [3.05, 3.63) is 59.4 Å². The Labute approximate surface area is 126 Å². The van der Waals surface area contributed by atoms with Crippen LogP contribution in [0, 0.1) is 6.92 Å². The first-order valence-corrected chi connectivity index (χ1v) is 7.64. The molecule has 1 aromatic heterocycles. The number of benzene rings is 1. The Kier molecular flexibility index (Phi) is 4.20. The summed E-state index contributed by atoms with van der Waals surface area (Å²) in [6.07, 6.45) is 5.92. The largest absolute Gasteiger partial charge is 0.493 e. The molecule has 0 aliphatic carbocycles. The van der Waals surface area contributed by atoms with E-state index in [9.17, 15) is 0 Å². The van der Waals surface area contributed by atoms with Gasteiger partial charge in [0.05, 0.1) is 6.61 Å². The number of aromatic nitrogens is 1. The lowest BCUT2D eigenvalue weighted by Crippen LogP contribution is -2.24. The van der Waals surface area contributed by atoms with Crippen molar-refractivity contribution < 1.29 is 4.74 Å². The van der Waals surface area contributed by atoms with E-state index in [4.69, 9.17) is 4.74 Å². The van der Waals surface area contributed by atoms with E-state index in [0.717, 1.165) is 25.2 Å². The van der Waals surface area contributed by atoms with E-state index in [1.54, 1.807) is 0 Å². The third kappa shape index (κ3) is 3.08. The molecule has 2 heterocycles. The maximum atomic E-state index is 5.94. The minimum Gasteiger partial charge on any atom is -0.493 e. The number of nitrogens with zero attached hydrogens (tertiary/aromatic N) is 1. The zero-order valence-electron chi connectivity index (χ0n) is 12.7. The fraction of sp³-hybridized carbons (Fsp3) is 0.389. The van der Waals surface area contributed by atoms with Gasteiger partial charge < -0.3 is 10.1 Å². The monoisotopic (exact) mass is 282 g/mol. The molecule has 21 heavy (non-hydrogen) atoms. The molecule has 110 valence electrons. The Morgan fingerprint density at radius 3 is 3.00 bits per heavy atom. The van der Waals surface area contributed by atoms with Crippen molar-refractivity contribution in [3.8, 4) is 5.75 Å². The molecule has 0 bridgehead atoms. The summed E-state index contributed by atoms with van der Waals surface area (Å²) in [5, 5.41) is 3.74. The molecule has 0 spiro atoms. The molecule has 1 aliphatic heterocycles. The second-order valence-electron chi connectivity index (χ2n) is 5.71. The minimum absolute atomic E-state index is 0.273.